The smallest absolute Gasteiger partial charge is 0.246 e. The highest BCUT2D eigenvalue weighted by atomic mass is 19.1. The molecule has 6 heteroatoms. The van der Waals surface area contributed by atoms with Crippen molar-refractivity contribution in [2.45, 2.75) is 12.6 Å². The van der Waals surface area contributed by atoms with E-state index in [0.29, 0.717) is 23.7 Å². The van der Waals surface area contributed by atoms with Gasteiger partial charge in [0.2, 0.25) is 5.91 Å². The van der Waals surface area contributed by atoms with Crippen LogP contribution in [0.1, 0.15) is 17.2 Å². The molecule has 0 bridgehead atoms. The average molecular weight is 408 g/mol. The van der Waals surface area contributed by atoms with Crippen molar-refractivity contribution in [3.05, 3.63) is 89.7 Å². The van der Waals surface area contributed by atoms with Gasteiger partial charge in [0.1, 0.15) is 23.4 Å². The van der Waals surface area contributed by atoms with Crippen molar-refractivity contribution in [2.24, 2.45) is 0 Å². The molecule has 5 nitrogen and oxygen atoms in total. The summed E-state index contributed by atoms with van der Waals surface area (Å²) in [7, 11) is 5.09. The molecular weight excluding hydrogens is 383 g/mol. The van der Waals surface area contributed by atoms with Crippen LogP contribution in [-0.2, 0) is 11.3 Å². The first-order valence-corrected chi connectivity index (χ1v) is 9.54. The van der Waals surface area contributed by atoms with Gasteiger partial charge in [0, 0.05) is 23.9 Å². The summed E-state index contributed by atoms with van der Waals surface area (Å²) >= 11 is 0. The van der Waals surface area contributed by atoms with Crippen LogP contribution in [0.2, 0.25) is 0 Å². The van der Waals surface area contributed by atoms with Crippen molar-refractivity contribution in [1.29, 1.82) is 0 Å². The largest absolute Gasteiger partial charge is 0.497 e. The maximum absolute atomic E-state index is 13.2. The Morgan fingerprint density at radius 1 is 1.00 bits per heavy atom. The van der Waals surface area contributed by atoms with E-state index in [9.17, 15) is 9.18 Å². The number of nitrogens with one attached hydrogen (secondary N) is 1. The summed E-state index contributed by atoms with van der Waals surface area (Å²) in [6.45, 7) is 0.476. The van der Waals surface area contributed by atoms with Crippen molar-refractivity contribution < 1.29 is 18.7 Å². The fraction of sp³-hybridized carbons (Fsp3) is 0.208. The average Bonchev–Trinajstić information content (AvgIpc) is 2.76. The molecular formula is C24H25FN2O3. The summed E-state index contributed by atoms with van der Waals surface area (Å²) in [5, 5.41) is 2.88. The zero-order valence-corrected chi connectivity index (χ0v) is 17.3. The van der Waals surface area contributed by atoms with Crippen molar-refractivity contribution in [3.8, 4) is 11.5 Å². The number of nitrogens with zero attached hydrogens (tertiary/aromatic N) is 1. The molecule has 3 aromatic rings. The molecule has 1 N–H and O–H groups in total. The summed E-state index contributed by atoms with van der Waals surface area (Å²) in [6, 6.07) is 20.3. The van der Waals surface area contributed by atoms with Crippen LogP contribution in [0.5, 0.6) is 11.5 Å². The van der Waals surface area contributed by atoms with E-state index in [1.807, 2.05) is 60.5 Å². The number of carbonyl (C=O) groups excluding carboxylic acids is 1. The zero-order chi connectivity index (χ0) is 21.5. The number of ether oxygens (including phenoxy) is 2. The van der Waals surface area contributed by atoms with E-state index >= 15 is 0 Å². The normalized spacial score (nSPS) is 11.8. The number of anilines is 1. The van der Waals surface area contributed by atoms with Crippen LogP contribution in [0.25, 0.3) is 0 Å². The molecule has 156 valence electrons. The van der Waals surface area contributed by atoms with Crippen LogP contribution in [0.15, 0.2) is 72.8 Å². The highest BCUT2D eigenvalue weighted by Gasteiger charge is 2.26. The number of halogens is 1. The monoisotopic (exact) mass is 408 g/mol. The van der Waals surface area contributed by atoms with Gasteiger partial charge in [-0.2, -0.15) is 0 Å². The quantitative estimate of drug-likeness (QED) is 0.589. The molecule has 0 aliphatic carbocycles. The minimum absolute atomic E-state index is 0.206. The molecule has 1 amide bonds. The van der Waals surface area contributed by atoms with Crippen LogP contribution in [0.3, 0.4) is 0 Å². The van der Waals surface area contributed by atoms with Gasteiger partial charge in [0.15, 0.2) is 0 Å². The number of rotatable bonds is 8. The SMILES string of the molecule is COc1ccc(CN(C)[C@H](C(=O)Nc2ccc(F)cc2)c2ccccc2)c(OC)c1. The Hall–Kier alpha value is -3.38. The molecule has 0 radical (unpaired) electrons. The number of carbonyl (C=O) groups is 1. The number of likely N-dealkylation sites (N-methyl/N-ethyl adjacent to an activating group) is 1. The van der Waals surface area contributed by atoms with Gasteiger partial charge < -0.3 is 14.8 Å². The lowest BCUT2D eigenvalue weighted by atomic mass is 10.0. The van der Waals surface area contributed by atoms with Gasteiger partial charge in [-0.25, -0.2) is 4.39 Å². The van der Waals surface area contributed by atoms with E-state index in [-0.39, 0.29) is 11.7 Å². The molecule has 0 fully saturated rings. The van der Waals surface area contributed by atoms with E-state index in [4.69, 9.17) is 9.47 Å². The maximum atomic E-state index is 13.2. The second-order valence-electron chi connectivity index (χ2n) is 6.90. The number of methoxy groups -OCH3 is 2. The van der Waals surface area contributed by atoms with Gasteiger partial charge in [0.25, 0.3) is 0 Å². The first kappa shape index (κ1) is 21.3. The van der Waals surface area contributed by atoms with Gasteiger partial charge >= 0.3 is 0 Å². The number of hydrogen-bond donors (Lipinski definition) is 1. The van der Waals surface area contributed by atoms with E-state index < -0.39 is 6.04 Å². The number of hydrogen-bond acceptors (Lipinski definition) is 4. The first-order valence-electron chi connectivity index (χ1n) is 9.54. The van der Waals surface area contributed by atoms with Gasteiger partial charge in [-0.1, -0.05) is 36.4 Å². The predicted octanol–water partition coefficient (Wildman–Crippen LogP) is 4.65. The molecule has 0 saturated carbocycles. The standard InChI is InChI=1S/C24H25FN2O3/c1-27(16-18-9-14-21(29-2)15-22(18)30-3)23(17-7-5-4-6-8-17)24(28)26-20-12-10-19(25)11-13-20/h4-15,23H,16H2,1-3H3,(H,26,28)/t23-/m0/s1. The number of benzene rings is 3. The Balaban J connectivity index is 1.87. The Morgan fingerprint density at radius 3 is 2.33 bits per heavy atom. The summed E-state index contributed by atoms with van der Waals surface area (Å²) in [6.07, 6.45) is 0. The first-order chi connectivity index (χ1) is 14.5. The molecule has 3 aromatic carbocycles. The van der Waals surface area contributed by atoms with Gasteiger partial charge in [0.05, 0.1) is 14.2 Å². The lowest BCUT2D eigenvalue weighted by molar-refractivity contribution is -0.121. The fourth-order valence-corrected chi connectivity index (χ4v) is 3.33. The van der Waals surface area contributed by atoms with Gasteiger partial charge in [-0.05, 0) is 42.9 Å². The second kappa shape index (κ2) is 9.89. The third-order valence-electron chi connectivity index (χ3n) is 4.83. The van der Waals surface area contributed by atoms with Gasteiger partial charge in [-0.15, -0.1) is 0 Å². The van der Waals surface area contributed by atoms with Crippen molar-refractivity contribution in [2.75, 3.05) is 26.6 Å². The number of amides is 1. The van der Waals surface area contributed by atoms with Crippen LogP contribution < -0.4 is 14.8 Å². The highest BCUT2D eigenvalue weighted by molar-refractivity contribution is 5.95. The maximum Gasteiger partial charge on any atom is 0.246 e. The molecule has 3 rings (SSSR count). The van der Waals surface area contributed by atoms with E-state index in [0.717, 1.165) is 11.1 Å². The van der Waals surface area contributed by atoms with Crippen molar-refractivity contribution >= 4 is 11.6 Å². The Bertz CT molecular complexity index is 978. The molecule has 30 heavy (non-hydrogen) atoms. The lowest BCUT2D eigenvalue weighted by Gasteiger charge is -2.28. The van der Waals surface area contributed by atoms with Crippen molar-refractivity contribution in [1.82, 2.24) is 4.90 Å². The third kappa shape index (κ3) is 5.15. The third-order valence-corrected chi connectivity index (χ3v) is 4.83. The fourth-order valence-electron chi connectivity index (χ4n) is 3.33. The molecule has 0 spiro atoms. The van der Waals surface area contributed by atoms with E-state index in [2.05, 4.69) is 5.32 Å². The summed E-state index contributed by atoms with van der Waals surface area (Å²) < 4.78 is 24.0. The van der Waals surface area contributed by atoms with E-state index in [1.165, 1.54) is 12.1 Å². The zero-order valence-electron chi connectivity index (χ0n) is 17.3. The second-order valence-corrected chi connectivity index (χ2v) is 6.90. The Kier molecular flexibility index (Phi) is 7.03. The summed E-state index contributed by atoms with van der Waals surface area (Å²) in [5.74, 6) is 0.831. The molecule has 0 saturated heterocycles. The predicted molar refractivity (Wildman–Crippen MR) is 115 cm³/mol. The molecule has 1 atom stereocenters. The van der Waals surface area contributed by atoms with Crippen LogP contribution >= 0.6 is 0 Å². The minimum Gasteiger partial charge on any atom is -0.497 e. The van der Waals surface area contributed by atoms with E-state index in [1.54, 1.807) is 26.4 Å². The molecule has 0 unspecified atom stereocenters. The summed E-state index contributed by atoms with van der Waals surface area (Å²) in [5.41, 5.74) is 2.32. The minimum atomic E-state index is -0.553. The molecule has 0 aliphatic heterocycles. The molecule has 0 aliphatic rings. The topological polar surface area (TPSA) is 50.8 Å². The molecule has 0 heterocycles. The van der Waals surface area contributed by atoms with Crippen LogP contribution in [0, 0.1) is 5.82 Å². The van der Waals surface area contributed by atoms with Crippen LogP contribution in [-0.4, -0.2) is 32.1 Å². The highest BCUT2D eigenvalue weighted by Crippen LogP contribution is 2.29. The molecule has 0 aromatic heterocycles. The van der Waals surface area contributed by atoms with Crippen LogP contribution in [0.4, 0.5) is 10.1 Å². The van der Waals surface area contributed by atoms with Gasteiger partial charge in [-0.3, -0.25) is 9.69 Å². The Morgan fingerprint density at radius 2 is 1.70 bits per heavy atom. The summed E-state index contributed by atoms with van der Waals surface area (Å²) in [4.78, 5) is 15.1. The lowest BCUT2D eigenvalue weighted by Crippen LogP contribution is -2.34. The Labute approximate surface area is 176 Å². The van der Waals surface area contributed by atoms with Crippen molar-refractivity contribution in [3.63, 3.8) is 0 Å².